The molecule has 1 fully saturated rings. The average Bonchev–Trinajstić information content (AvgIpc) is 3.12. The van der Waals surface area contributed by atoms with Crippen LogP contribution in [-0.4, -0.2) is 50.3 Å². The van der Waals surface area contributed by atoms with Crippen molar-refractivity contribution >= 4 is 23.0 Å². The zero-order valence-corrected chi connectivity index (χ0v) is 22.9. The van der Waals surface area contributed by atoms with Gasteiger partial charge in [0, 0.05) is 35.3 Å². The number of nitrogens with two attached hydrogens (primary N) is 1. The third-order valence-corrected chi connectivity index (χ3v) is 4.93. The fraction of sp³-hybridized carbons (Fsp3) is 0.556. The summed E-state index contributed by atoms with van der Waals surface area (Å²) < 4.78 is 1.72. The number of aliphatic imine (C=N–C) groups is 1. The second-order valence-electron chi connectivity index (χ2n) is 9.38. The van der Waals surface area contributed by atoms with E-state index in [0.29, 0.717) is 0 Å². The summed E-state index contributed by atoms with van der Waals surface area (Å²) in [5.74, 6) is 1.84. The first kappa shape index (κ1) is 29.2. The van der Waals surface area contributed by atoms with Gasteiger partial charge in [0.1, 0.15) is 0 Å². The minimum absolute atomic E-state index is 0.252. The van der Waals surface area contributed by atoms with Gasteiger partial charge in [0.15, 0.2) is 5.82 Å². The Labute approximate surface area is 206 Å². The van der Waals surface area contributed by atoms with Crippen molar-refractivity contribution in [2.45, 2.75) is 80.7 Å². The molecule has 0 bridgehead atoms. The Morgan fingerprint density at radius 3 is 2.18 bits per heavy atom. The molecular weight excluding hydrogens is 422 g/mol. The van der Waals surface area contributed by atoms with Crippen LogP contribution < -0.4 is 5.73 Å². The summed E-state index contributed by atoms with van der Waals surface area (Å²) in [6.45, 7) is 16.4. The van der Waals surface area contributed by atoms with Crippen LogP contribution in [0.25, 0.3) is 16.6 Å². The van der Waals surface area contributed by atoms with Gasteiger partial charge in [0.05, 0.1) is 11.7 Å². The second kappa shape index (κ2) is 14.5. The van der Waals surface area contributed by atoms with Gasteiger partial charge >= 0.3 is 0 Å². The van der Waals surface area contributed by atoms with Crippen molar-refractivity contribution in [1.82, 2.24) is 24.5 Å². The van der Waals surface area contributed by atoms with Crippen LogP contribution >= 0.6 is 0 Å². The molecule has 0 atom stereocenters. The molecule has 3 aromatic rings. The van der Waals surface area contributed by atoms with Crippen LogP contribution in [0.1, 0.15) is 73.3 Å². The highest BCUT2D eigenvalue weighted by Gasteiger charge is 2.18. The van der Waals surface area contributed by atoms with Gasteiger partial charge in [0.25, 0.3) is 0 Å². The molecule has 4 rings (SSSR count). The number of hydrogen-bond donors (Lipinski definition) is 1. The van der Waals surface area contributed by atoms with E-state index in [-0.39, 0.29) is 5.95 Å². The van der Waals surface area contributed by atoms with Gasteiger partial charge < -0.3 is 10.6 Å². The van der Waals surface area contributed by atoms with Crippen LogP contribution in [0, 0.1) is 12.8 Å². The molecule has 1 saturated carbocycles. The van der Waals surface area contributed by atoms with E-state index in [9.17, 15) is 0 Å². The van der Waals surface area contributed by atoms with Crippen molar-refractivity contribution in [3.63, 3.8) is 0 Å². The maximum absolute atomic E-state index is 5.59. The molecule has 0 aromatic carbocycles. The molecule has 0 aliphatic heterocycles. The topological polar surface area (TPSA) is 84.7 Å². The number of nitrogen functional groups attached to an aromatic ring is 1. The van der Waals surface area contributed by atoms with Crippen LogP contribution in [-0.2, 0) is 0 Å². The summed E-state index contributed by atoms with van der Waals surface area (Å²) in [5, 5.41) is 4.14. The Morgan fingerprint density at radius 1 is 1.12 bits per heavy atom. The summed E-state index contributed by atoms with van der Waals surface area (Å²) in [5.41, 5.74) is 10.5. The summed E-state index contributed by atoms with van der Waals surface area (Å²) in [4.78, 5) is 15.2. The molecule has 7 nitrogen and oxygen atoms in total. The van der Waals surface area contributed by atoms with Crippen LogP contribution in [0.3, 0.4) is 0 Å². The molecule has 3 aromatic heterocycles. The van der Waals surface area contributed by atoms with Crippen molar-refractivity contribution < 1.29 is 0 Å². The molecule has 0 radical (unpaired) electrons. The van der Waals surface area contributed by atoms with Crippen LogP contribution in [0.2, 0.25) is 0 Å². The highest BCUT2D eigenvalue weighted by Crippen LogP contribution is 2.28. The van der Waals surface area contributed by atoms with E-state index in [1.807, 2.05) is 53.1 Å². The molecule has 0 saturated heterocycles. The van der Waals surface area contributed by atoms with E-state index in [1.165, 1.54) is 19.3 Å². The molecule has 0 amide bonds. The largest absolute Gasteiger partial charge is 0.367 e. The Bertz CT molecular complexity index is 1020. The number of aromatic nitrogens is 4. The second-order valence-corrected chi connectivity index (χ2v) is 9.38. The number of anilines is 1. The van der Waals surface area contributed by atoms with Crippen molar-refractivity contribution in [2.75, 3.05) is 19.8 Å². The lowest BCUT2D eigenvalue weighted by molar-refractivity contribution is 0.193. The third kappa shape index (κ3) is 9.21. The lowest BCUT2D eigenvalue weighted by Crippen LogP contribution is -2.33. The van der Waals surface area contributed by atoms with Gasteiger partial charge in [-0.3, -0.25) is 0 Å². The summed E-state index contributed by atoms with van der Waals surface area (Å²) in [6.07, 6.45) is 9.69. The summed E-state index contributed by atoms with van der Waals surface area (Å²) in [6, 6.07) is 4.97. The van der Waals surface area contributed by atoms with Gasteiger partial charge in [-0.1, -0.05) is 41.0 Å². The first-order valence-corrected chi connectivity index (χ1v) is 12.3. The fourth-order valence-electron chi connectivity index (χ4n) is 3.10. The molecule has 3 heterocycles. The molecule has 7 heteroatoms. The molecular formula is C27H45N7. The SMILES string of the molecule is CC.CC(C)=Nc1ncc(-c2ccn3nc(N)ncc23)cc1C.CC(C)C.CN(C)C1CCC1. The summed E-state index contributed by atoms with van der Waals surface area (Å²) in [7, 11) is 4.31. The van der Waals surface area contributed by atoms with E-state index in [2.05, 4.69) is 65.9 Å². The standard InChI is InChI=1S/C15H16N6.C6H13N.C4H10.C2H6/c1-9(2)19-14-10(3)6-11(7-17-14)12-4-5-21-13(12)8-18-15(16)20-21;1-7(2)6-4-3-5-6;1-4(2)3;1-2/h4-8H,1-3H3,(H2,16,20);6H,3-5H2,1-2H3;4H,1-3H3;1-2H3. The lowest BCUT2D eigenvalue weighted by Gasteiger charge is -2.31. The minimum Gasteiger partial charge on any atom is -0.367 e. The van der Waals surface area contributed by atoms with Crippen molar-refractivity contribution in [1.29, 1.82) is 0 Å². The maximum atomic E-state index is 5.59. The minimum atomic E-state index is 0.252. The number of pyridine rings is 1. The molecule has 2 N–H and O–H groups in total. The monoisotopic (exact) mass is 467 g/mol. The first-order valence-electron chi connectivity index (χ1n) is 12.3. The van der Waals surface area contributed by atoms with Gasteiger partial charge in [-0.15, -0.1) is 5.10 Å². The summed E-state index contributed by atoms with van der Waals surface area (Å²) >= 11 is 0. The highest BCUT2D eigenvalue weighted by atomic mass is 15.3. The van der Waals surface area contributed by atoms with Crippen LogP contribution in [0.5, 0.6) is 0 Å². The van der Waals surface area contributed by atoms with Gasteiger partial charge in [-0.05, 0) is 71.3 Å². The number of rotatable bonds is 3. The van der Waals surface area contributed by atoms with Crippen LogP contribution in [0.15, 0.2) is 35.7 Å². The van der Waals surface area contributed by atoms with Crippen molar-refractivity contribution in [2.24, 2.45) is 10.9 Å². The van der Waals surface area contributed by atoms with Gasteiger partial charge in [0.2, 0.25) is 5.95 Å². The molecule has 0 spiro atoms. The zero-order chi connectivity index (χ0) is 25.8. The number of aryl methyl sites for hydroxylation is 1. The fourth-order valence-corrected chi connectivity index (χ4v) is 3.10. The van der Waals surface area contributed by atoms with Crippen molar-refractivity contribution in [3.05, 3.63) is 36.3 Å². The normalized spacial score (nSPS) is 12.6. The molecule has 0 unspecified atom stereocenters. The molecule has 34 heavy (non-hydrogen) atoms. The van der Waals surface area contributed by atoms with E-state index in [4.69, 9.17) is 5.73 Å². The number of hydrogen-bond acceptors (Lipinski definition) is 6. The first-order chi connectivity index (χ1) is 16.1. The van der Waals surface area contributed by atoms with Crippen molar-refractivity contribution in [3.8, 4) is 11.1 Å². The van der Waals surface area contributed by atoms with Gasteiger partial charge in [-0.25, -0.2) is 19.5 Å². The van der Waals surface area contributed by atoms with E-state index < -0.39 is 0 Å². The molecule has 1 aliphatic rings. The average molecular weight is 468 g/mol. The van der Waals surface area contributed by atoms with E-state index in [1.54, 1.807) is 10.7 Å². The zero-order valence-electron chi connectivity index (χ0n) is 22.9. The van der Waals surface area contributed by atoms with E-state index in [0.717, 1.165) is 45.7 Å². The smallest absolute Gasteiger partial charge is 0.238 e. The Kier molecular flexibility index (Phi) is 12.4. The van der Waals surface area contributed by atoms with Crippen LogP contribution in [0.4, 0.5) is 11.8 Å². The lowest BCUT2D eigenvalue weighted by atomic mass is 9.92. The highest BCUT2D eigenvalue weighted by molar-refractivity contribution is 5.83. The Balaban J connectivity index is 0.000000367. The Morgan fingerprint density at radius 2 is 1.74 bits per heavy atom. The predicted molar refractivity (Wildman–Crippen MR) is 147 cm³/mol. The van der Waals surface area contributed by atoms with E-state index >= 15 is 0 Å². The number of nitrogens with zero attached hydrogens (tertiary/aromatic N) is 6. The molecule has 188 valence electrons. The quantitative estimate of drug-likeness (QED) is 0.440. The van der Waals surface area contributed by atoms with Gasteiger partial charge in [-0.2, -0.15) is 0 Å². The molecule has 1 aliphatic carbocycles. The maximum Gasteiger partial charge on any atom is 0.238 e. The third-order valence-electron chi connectivity index (χ3n) is 4.93. The predicted octanol–water partition coefficient (Wildman–Crippen LogP) is 6.58. The number of fused-ring (bicyclic) bond motifs is 1. The Hall–Kier alpha value is -2.80.